The van der Waals surface area contributed by atoms with Crippen LogP contribution in [0.25, 0.3) is 0 Å². The molecule has 1 heteroatoms. The SMILES string of the molecule is CCC(NC1CCCc2ccccc21)c1ccc(C)cc1. The zero-order valence-corrected chi connectivity index (χ0v) is 13.1. The Morgan fingerprint density at radius 1 is 1.10 bits per heavy atom. The molecule has 110 valence electrons. The van der Waals surface area contributed by atoms with Crippen molar-refractivity contribution in [1.29, 1.82) is 0 Å². The molecule has 2 atom stereocenters. The molecule has 0 saturated heterocycles. The molecule has 1 nitrogen and oxygen atoms in total. The van der Waals surface area contributed by atoms with E-state index in [0.29, 0.717) is 12.1 Å². The van der Waals surface area contributed by atoms with Crippen LogP contribution in [-0.2, 0) is 6.42 Å². The lowest BCUT2D eigenvalue weighted by molar-refractivity contribution is 0.393. The van der Waals surface area contributed by atoms with Crippen molar-refractivity contribution in [1.82, 2.24) is 5.32 Å². The molecule has 0 bridgehead atoms. The minimum absolute atomic E-state index is 0.446. The summed E-state index contributed by atoms with van der Waals surface area (Å²) in [4.78, 5) is 0. The molecule has 0 spiro atoms. The summed E-state index contributed by atoms with van der Waals surface area (Å²) in [6.07, 6.45) is 4.90. The van der Waals surface area contributed by atoms with Crippen molar-refractivity contribution in [3.05, 3.63) is 70.8 Å². The standard InChI is InChI=1S/C20H25N/c1-3-19(17-13-11-15(2)12-14-17)21-20-10-6-8-16-7-4-5-9-18(16)20/h4-5,7,9,11-14,19-21H,3,6,8,10H2,1-2H3. The lowest BCUT2D eigenvalue weighted by atomic mass is 9.87. The van der Waals surface area contributed by atoms with Crippen LogP contribution in [0.15, 0.2) is 48.5 Å². The number of nitrogens with one attached hydrogen (secondary N) is 1. The molecular weight excluding hydrogens is 254 g/mol. The van der Waals surface area contributed by atoms with Gasteiger partial charge in [-0.05, 0) is 49.3 Å². The van der Waals surface area contributed by atoms with E-state index in [0.717, 1.165) is 6.42 Å². The summed E-state index contributed by atoms with van der Waals surface area (Å²) >= 11 is 0. The van der Waals surface area contributed by atoms with E-state index in [4.69, 9.17) is 0 Å². The van der Waals surface area contributed by atoms with Crippen LogP contribution in [0.5, 0.6) is 0 Å². The van der Waals surface area contributed by atoms with E-state index >= 15 is 0 Å². The van der Waals surface area contributed by atoms with Gasteiger partial charge in [0.25, 0.3) is 0 Å². The van der Waals surface area contributed by atoms with Crippen molar-refractivity contribution in [3.8, 4) is 0 Å². The summed E-state index contributed by atoms with van der Waals surface area (Å²) in [7, 11) is 0. The highest BCUT2D eigenvalue weighted by Gasteiger charge is 2.22. The molecule has 21 heavy (non-hydrogen) atoms. The highest BCUT2D eigenvalue weighted by Crippen LogP contribution is 2.32. The molecule has 0 aromatic heterocycles. The van der Waals surface area contributed by atoms with Crippen LogP contribution < -0.4 is 5.32 Å². The summed E-state index contributed by atoms with van der Waals surface area (Å²) in [6.45, 7) is 4.42. The van der Waals surface area contributed by atoms with Gasteiger partial charge >= 0.3 is 0 Å². The van der Waals surface area contributed by atoms with Crippen molar-refractivity contribution in [3.63, 3.8) is 0 Å². The number of rotatable bonds is 4. The fourth-order valence-corrected chi connectivity index (χ4v) is 3.42. The average molecular weight is 279 g/mol. The summed E-state index contributed by atoms with van der Waals surface area (Å²) in [5.74, 6) is 0. The van der Waals surface area contributed by atoms with Crippen LogP contribution in [-0.4, -0.2) is 0 Å². The van der Waals surface area contributed by atoms with Gasteiger partial charge in [-0.3, -0.25) is 0 Å². The fraction of sp³-hybridized carbons (Fsp3) is 0.400. The number of hydrogen-bond donors (Lipinski definition) is 1. The minimum Gasteiger partial charge on any atom is -0.303 e. The Kier molecular flexibility index (Phi) is 4.40. The molecule has 0 saturated carbocycles. The Hall–Kier alpha value is -1.60. The predicted octanol–water partition coefficient (Wildman–Crippen LogP) is 5.11. The molecule has 2 unspecified atom stereocenters. The van der Waals surface area contributed by atoms with E-state index in [1.165, 1.54) is 41.5 Å². The van der Waals surface area contributed by atoms with Crippen molar-refractivity contribution < 1.29 is 0 Å². The highest BCUT2D eigenvalue weighted by atomic mass is 15.0. The van der Waals surface area contributed by atoms with Gasteiger partial charge in [0.1, 0.15) is 0 Å². The number of aryl methyl sites for hydroxylation is 2. The van der Waals surface area contributed by atoms with E-state index in [1.807, 2.05) is 0 Å². The van der Waals surface area contributed by atoms with Crippen LogP contribution in [0.1, 0.15) is 60.5 Å². The number of hydrogen-bond acceptors (Lipinski definition) is 1. The predicted molar refractivity (Wildman–Crippen MR) is 89.5 cm³/mol. The van der Waals surface area contributed by atoms with Crippen LogP contribution in [0.3, 0.4) is 0 Å². The Bertz CT molecular complexity index is 585. The first-order chi connectivity index (χ1) is 10.3. The molecule has 0 aliphatic heterocycles. The van der Waals surface area contributed by atoms with Crippen molar-refractivity contribution >= 4 is 0 Å². The average Bonchev–Trinajstić information content (AvgIpc) is 2.54. The minimum atomic E-state index is 0.446. The molecule has 1 aliphatic carbocycles. The maximum absolute atomic E-state index is 3.90. The van der Waals surface area contributed by atoms with E-state index in [9.17, 15) is 0 Å². The van der Waals surface area contributed by atoms with Gasteiger partial charge in [-0.2, -0.15) is 0 Å². The normalized spacial score (nSPS) is 19.0. The van der Waals surface area contributed by atoms with Gasteiger partial charge in [0.2, 0.25) is 0 Å². The van der Waals surface area contributed by atoms with Gasteiger partial charge < -0.3 is 5.32 Å². The first-order valence-electron chi connectivity index (χ1n) is 8.18. The summed E-state index contributed by atoms with van der Waals surface area (Å²) in [5.41, 5.74) is 5.78. The molecule has 0 fully saturated rings. The Labute approximate surface area is 128 Å². The third-order valence-electron chi connectivity index (χ3n) is 4.66. The Morgan fingerprint density at radius 3 is 2.62 bits per heavy atom. The molecule has 3 rings (SSSR count). The summed E-state index contributed by atoms with van der Waals surface area (Å²) < 4.78 is 0. The molecule has 0 heterocycles. The van der Waals surface area contributed by atoms with Crippen molar-refractivity contribution in [2.24, 2.45) is 0 Å². The fourth-order valence-electron chi connectivity index (χ4n) is 3.42. The molecule has 2 aromatic carbocycles. The quantitative estimate of drug-likeness (QED) is 0.819. The number of benzene rings is 2. The Morgan fingerprint density at radius 2 is 1.86 bits per heavy atom. The molecule has 2 aromatic rings. The summed E-state index contributed by atoms with van der Waals surface area (Å²) in [6, 6.07) is 18.8. The monoisotopic (exact) mass is 279 g/mol. The third-order valence-corrected chi connectivity index (χ3v) is 4.66. The van der Waals surface area contributed by atoms with E-state index in [1.54, 1.807) is 0 Å². The van der Waals surface area contributed by atoms with Gasteiger partial charge in [-0.1, -0.05) is 61.0 Å². The van der Waals surface area contributed by atoms with Gasteiger partial charge in [0, 0.05) is 12.1 Å². The van der Waals surface area contributed by atoms with Crippen LogP contribution in [0.2, 0.25) is 0 Å². The molecule has 1 N–H and O–H groups in total. The van der Waals surface area contributed by atoms with Crippen LogP contribution in [0, 0.1) is 6.92 Å². The van der Waals surface area contributed by atoms with Gasteiger partial charge in [-0.15, -0.1) is 0 Å². The topological polar surface area (TPSA) is 12.0 Å². The zero-order valence-electron chi connectivity index (χ0n) is 13.1. The van der Waals surface area contributed by atoms with Gasteiger partial charge in [0.15, 0.2) is 0 Å². The van der Waals surface area contributed by atoms with Crippen LogP contribution >= 0.6 is 0 Å². The third kappa shape index (κ3) is 3.19. The molecule has 1 aliphatic rings. The largest absolute Gasteiger partial charge is 0.303 e. The van der Waals surface area contributed by atoms with Gasteiger partial charge in [0.05, 0.1) is 0 Å². The lowest BCUT2D eigenvalue weighted by Crippen LogP contribution is -2.29. The van der Waals surface area contributed by atoms with E-state index in [-0.39, 0.29) is 0 Å². The van der Waals surface area contributed by atoms with E-state index < -0.39 is 0 Å². The molecule has 0 radical (unpaired) electrons. The second kappa shape index (κ2) is 6.44. The smallest absolute Gasteiger partial charge is 0.0328 e. The highest BCUT2D eigenvalue weighted by molar-refractivity contribution is 5.33. The number of fused-ring (bicyclic) bond motifs is 1. The lowest BCUT2D eigenvalue weighted by Gasteiger charge is -2.30. The molecular formula is C20H25N. The van der Waals surface area contributed by atoms with Crippen molar-refractivity contribution in [2.75, 3.05) is 0 Å². The second-order valence-electron chi connectivity index (χ2n) is 6.18. The van der Waals surface area contributed by atoms with Gasteiger partial charge in [-0.25, -0.2) is 0 Å². The maximum Gasteiger partial charge on any atom is 0.0328 e. The second-order valence-corrected chi connectivity index (χ2v) is 6.18. The van der Waals surface area contributed by atoms with Crippen LogP contribution in [0.4, 0.5) is 0 Å². The first kappa shape index (κ1) is 14.3. The summed E-state index contributed by atoms with van der Waals surface area (Å²) in [5, 5.41) is 3.90. The first-order valence-corrected chi connectivity index (χ1v) is 8.18. The molecule has 0 amide bonds. The van der Waals surface area contributed by atoms with E-state index in [2.05, 4.69) is 67.7 Å². The zero-order chi connectivity index (χ0) is 14.7. The Balaban J connectivity index is 1.80. The van der Waals surface area contributed by atoms with Crippen molar-refractivity contribution in [2.45, 2.75) is 51.6 Å². The maximum atomic E-state index is 3.90.